The van der Waals surface area contributed by atoms with Crippen LogP contribution in [0.4, 0.5) is 0 Å². The third kappa shape index (κ3) is 2.94. The van der Waals surface area contributed by atoms with Gasteiger partial charge in [-0.15, -0.1) is 0 Å². The molecule has 63 valence electrons. The summed E-state index contributed by atoms with van der Waals surface area (Å²) in [5.41, 5.74) is 1.02. The normalized spacial score (nSPS) is 9.75. The average Bonchev–Trinajstić information content (AvgIpc) is 2.05. The number of aromatic hydroxyl groups is 1. The smallest absolute Gasteiger partial charge is 0.395 e. The van der Waals surface area contributed by atoms with Crippen LogP contribution in [0.1, 0.15) is 5.56 Å². The molecule has 0 atom stereocenters. The van der Waals surface area contributed by atoms with Gasteiger partial charge in [-0.2, -0.15) is 0 Å². The summed E-state index contributed by atoms with van der Waals surface area (Å²) >= 11 is 0. The van der Waals surface area contributed by atoms with Gasteiger partial charge >= 0.3 is 7.62 Å². The van der Waals surface area contributed by atoms with E-state index < -0.39 is 0 Å². The Bertz CT molecular complexity index is 242. The molecule has 0 aliphatic heterocycles. The van der Waals surface area contributed by atoms with Gasteiger partial charge in [0.25, 0.3) is 0 Å². The molecule has 1 aromatic carbocycles. The zero-order chi connectivity index (χ0) is 8.81. The standard InChI is InChI=1S/C8H11BNO2/c1-12-9-10-6-7-3-2-4-8(11)5-7/h2-5,10-11H,6H2,1H3. The minimum atomic E-state index is 0.284. The molecule has 2 N–H and O–H groups in total. The van der Waals surface area contributed by atoms with Crippen molar-refractivity contribution in [3.05, 3.63) is 29.8 Å². The quantitative estimate of drug-likeness (QED) is 0.507. The Morgan fingerprint density at radius 2 is 2.42 bits per heavy atom. The summed E-state index contributed by atoms with van der Waals surface area (Å²) in [6.45, 7) is 0.655. The largest absolute Gasteiger partial charge is 0.508 e. The number of phenols is 1. The van der Waals surface area contributed by atoms with E-state index in [2.05, 4.69) is 5.23 Å². The van der Waals surface area contributed by atoms with Crippen molar-refractivity contribution >= 4 is 7.62 Å². The van der Waals surface area contributed by atoms with Gasteiger partial charge < -0.3 is 15.0 Å². The van der Waals surface area contributed by atoms with Crippen molar-refractivity contribution in [3.63, 3.8) is 0 Å². The molecular weight excluding hydrogens is 153 g/mol. The van der Waals surface area contributed by atoms with E-state index in [9.17, 15) is 0 Å². The van der Waals surface area contributed by atoms with Gasteiger partial charge in [0.1, 0.15) is 5.75 Å². The highest BCUT2D eigenvalue weighted by Crippen LogP contribution is 2.09. The number of hydrogen-bond acceptors (Lipinski definition) is 3. The van der Waals surface area contributed by atoms with Gasteiger partial charge in [-0.05, 0) is 17.7 Å². The molecule has 0 unspecified atom stereocenters. The summed E-state index contributed by atoms with van der Waals surface area (Å²) in [6.07, 6.45) is 0. The first-order valence-electron chi connectivity index (χ1n) is 3.68. The Morgan fingerprint density at radius 3 is 3.08 bits per heavy atom. The fourth-order valence-corrected chi connectivity index (χ4v) is 0.909. The average molecular weight is 164 g/mol. The highest BCUT2D eigenvalue weighted by Gasteiger charge is 1.94. The molecule has 0 heterocycles. The first kappa shape index (κ1) is 9.10. The van der Waals surface area contributed by atoms with Crippen molar-refractivity contribution < 1.29 is 9.76 Å². The van der Waals surface area contributed by atoms with Crippen LogP contribution in [-0.2, 0) is 11.2 Å². The molecule has 0 amide bonds. The molecule has 0 aliphatic rings. The monoisotopic (exact) mass is 164 g/mol. The van der Waals surface area contributed by atoms with Crippen LogP contribution >= 0.6 is 0 Å². The van der Waals surface area contributed by atoms with Gasteiger partial charge in [0.05, 0.1) is 0 Å². The van der Waals surface area contributed by atoms with Gasteiger partial charge in [0.15, 0.2) is 0 Å². The summed E-state index contributed by atoms with van der Waals surface area (Å²) in [6, 6.07) is 7.08. The fourth-order valence-electron chi connectivity index (χ4n) is 0.909. The second-order valence-electron chi connectivity index (χ2n) is 2.40. The SMILES string of the molecule is CO[B]NCc1cccc(O)c1. The first-order valence-corrected chi connectivity index (χ1v) is 3.68. The number of benzene rings is 1. The molecule has 0 spiro atoms. The Kier molecular flexibility index (Phi) is 3.64. The van der Waals surface area contributed by atoms with Crippen molar-refractivity contribution in [1.82, 2.24) is 5.23 Å². The lowest BCUT2D eigenvalue weighted by Gasteiger charge is -2.01. The summed E-state index contributed by atoms with van der Waals surface area (Å²) in [5, 5.41) is 12.0. The third-order valence-corrected chi connectivity index (χ3v) is 1.42. The first-order chi connectivity index (χ1) is 5.83. The van der Waals surface area contributed by atoms with Crippen LogP contribution < -0.4 is 5.23 Å². The van der Waals surface area contributed by atoms with Crippen molar-refractivity contribution in [2.75, 3.05) is 7.11 Å². The molecule has 0 saturated carbocycles. The maximum absolute atomic E-state index is 9.10. The lowest BCUT2D eigenvalue weighted by atomic mass is 10.2. The van der Waals surface area contributed by atoms with Crippen molar-refractivity contribution in [3.8, 4) is 5.75 Å². The molecule has 3 nitrogen and oxygen atoms in total. The molecule has 4 heteroatoms. The number of phenolic OH excluding ortho intramolecular Hbond substituents is 1. The predicted molar refractivity (Wildman–Crippen MR) is 47.7 cm³/mol. The molecule has 0 bridgehead atoms. The van der Waals surface area contributed by atoms with E-state index in [1.807, 2.05) is 6.07 Å². The minimum Gasteiger partial charge on any atom is -0.508 e. The zero-order valence-corrected chi connectivity index (χ0v) is 6.95. The zero-order valence-electron chi connectivity index (χ0n) is 6.95. The van der Waals surface area contributed by atoms with Crippen LogP contribution in [0.2, 0.25) is 0 Å². The van der Waals surface area contributed by atoms with Gasteiger partial charge in [-0.25, -0.2) is 0 Å². The van der Waals surface area contributed by atoms with Crippen LogP contribution in [0.5, 0.6) is 5.75 Å². The number of nitrogens with one attached hydrogen (secondary N) is 1. The van der Waals surface area contributed by atoms with E-state index in [1.165, 1.54) is 7.62 Å². The van der Waals surface area contributed by atoms with Crippen molar-refractivity contribution in [1.29, 1.82) is 0 Å². The Hall–Kier alpha value is -0.995. The molecule has 0 aliphatic carbocycles. The molecule has 0 aromatic heterocycles. The van der Waals surface area contributed by atoms with E-state index in [0.717, 1.165) is 5.56 Å². The van der Waals surface area contributed by atoms with Crippen LogP contribution in [0, 0.1) is 0 Å². The van der Waals surface area contributed by atoms with Gasteiger partial charge in [-0.3, -0.25) is 0 Å². The third-order valence-electron chi connectivity index (χ3n) is 1.42. The molecule has 1 rings (SSSR count). The Balaban J connectivity index is 2.41. The topological polar surface area (TPSA) is 41.5 Å². The van der Waals surface area contributed by atoms with Crippen LogP contribution in [-0.4, -0.2) is 19.8 Å². The van der Waals surface area contributed by atoms with Crippen molar-refractivity contribution in [2.45, 2.75) is 6.54 Å². The molecule has 0 fully saturated rings. The molecule has 12 heavy (non-hydrogen) atoms. The van der Waals surface area contributed by atoms with E-state index in [1.54, 1.807) is 25.3 Å². The van der Waals surface area contributed by atoms with Crippen LogP contribution in [0.25, 0.3) is 0 Å². The van der Waals surface area contributed by atoms with Gasteiger partial charge in [0.2, 0.25) is 0 Å². The van der Waals surface area contributed by atoms with Crippen LogP contribution in [0.3, 0.4) is 0 Å². The minimum absolute atomic E-state index is 0.284. The van der Waals surface area contributed by atoms with Gasteiger partial charge in [-0.1, -0.05) is 12.1 Å². The summed E-state index contributed by atoms with van der Waals surface area (Å²) in [4.78, 5) is 0. The summed E-state index contributed by atoms with van der Waals surface area (Å²) in [7, 11) is 3.08. The maximum Gasteiger partial charge on any atom is 0.395 e. The lowest BCUT2D eigenvalue weighted by molar-refractivity contribution is 0.430. The van der Waals surface area contributed by atoms with E-state index >= 15 is 0 Å². The second-order valence-corrected chi connectivity index (χ2v) is 2.40. The summed E-state index contributed by atoms with van der Waals surface area (Å²) < 4.78 is 4.70. The lowest BCUT2D eigenvalue weighted by Crippen LogP contribution is -2.19. The van der Waals surface area contributed by atoms with Gasteiger partial charge in [0, 0.05) is 13.7 Å². The highest BCUT2D eigenvalue weighted by molar-refractivity contribution is 6.23. The van der Waals surface area contributed by atoms with Crippen molar-refractivity contribution in [2.24, 2.45) is 0 Å². The maximum atomic E-state index is 9.10. The number of rotatable bonds is 4. The number of hydrogen-bond donors (Lipinski definition) is 2. The predicted octanol–water partition coefficient (Wildman–Crippen LogP) is 0.662. The molecule has 1 radical (unpaired) electrons. The molecule has 0 saturated heterocycles. The fraction of sp³-hybridized carbons (Fsp3) is 0.250. The van der Waals surface area contributed by atoms with E-state index in [4.69, 9.17) is 9.76 Å². The van der Waals surface area contributed by atoms with E-state index in [-0.39, 0.29) is 5.75 Å². The van der Waals surface area contributed by atoms with Crippen LogP contribution in [0.15, 0.2) is 24.3 Å². The summed E-state index contributed by atoms with van der Waals surface area (Å²) in [5.74, 6) is 0.284. The Labute approximate surface area is 72.7 Å². The Morgan fingerprint density at radius 1 is 1.58 bits per heavy atom. The molecular formula is C8H11BNO2. The second kappa shape index (κ2) is 4.80. The van der Waals surface area contributed by atoms with E-state index in [0.29, 0.717) is 6.54 Å². The molecule has 1 aromatic rings. The highest BCUT2D eigenvalue weighted by atomic mass is 16.4.